The fourth-order valence-corrected chi connectivity index (χ4v) is 29.5. The van der Waals surface area contributed by atoms with Gasteiger partial charge in [0.15, 0.2) is 0 Å². The van der Waals surface area contributed by atoms with Crippen molar-refractivity contribution in [3.05, 3.63) is 275 Å². The Balaban J connectivity index is 0.823. The van der Waals surface area contributed by atoms with Gasteiger partial charge < -0.3 is 0 Å². The fraction of sp³-hybridized carbons (Fsp3) is 0.413. The second-order valence-corrected chi connectivity index (χ2v) is 44.9. The zero-order valence-electron chi connectivity index (χ0n) is 80.8. The van der Waals surface area contributed by atoms with Gasteiger partial charge in [0.1, 0.15) is 0 Å². The monoisotopic (exact) mass is 1870 g/mol. The molecule has 5 heterocycles. The van der Waals surface area contributed by atoms with E-state index >= 15 is 0 Å². The molecular formula is C126H142N4Se2. The second-order valence-electron chi connectivity index (χ2n) is 40.4. The standard InChI is InChI=1S/C126H142N4Se2/c1-9-17-25-41-71-123(72-42-26-18-10-2)105-53-37-33-49-93(105)97-61-57-87(81-109(97)123)91-79-103-117(127-85-91)118-104(80-92(86-128-118)88-58-62-98-94-50-34-38-54-106(94)124(110(98)82-88,73-43-27-19-11-3)74-44-28-20-12-4)122-121(103)129-119-101(115-69-67-113(131-115)89-59-63-99-95-51-35-39-55-107(95)125(111(99)83-89,75-45-29-21-13-5)76-46-30-22-14-6)65-66-102(120(119)130-122)116-70-68-114(132-116)90-60-64-100-96-52-36-40-56-108(96)126(112(100)84-90,77-47-31-23-15-7)78-48-32-24-16-8/h33-40,49-70,79-86H,9-32,41-48,71-78H2,1-8H3. The number of benzene rings is 10. The molecule has 0 radical (unpaired) electrons. The third kappa shape index (κ3) is 17.3. The molecule has 0 N–H and O–H groups in total. The number of hydrogen-bond acceptors (Lipinski definition) is 4. The molecule has 0 aliphatic heterocycles. The molecule has 0 amide bonds. The molecule has 0 fully saturated rings. The Hall–Kier alpha value is -9.38. The van der Waals surface area contributed by atoms with E-state index in [1.807, 2.05) is 0 Å². The molecule has 0 atom stereocenters. The van der Waals surface area contributed by atoms with E-state index < -0.39 is 0 Å². The fourth-order valence-electron chi connectivity index (χ4n) is 25.1. The Labute approximate surface area is 802 Å². The summed E-state index contributed by atoms with van der Waals surface area (Å²) in [6.07, 6.45) is 54.0. The van der Waals surface area contributed by atoms with Crippen LogP contribution < -0.4 is 0 Å². The molecule has 4 nitrogen and oxygen atoms in total. The molecule has 678 valence electrons. The number of pyridine rings is 2. The van der Waals surface area contributed by atoms with Crippen molar-refractivity contribution in [3.63, 3.8) is 0 Å². The third-order valence-electron chi connectivity index (χ3n) is 32.0. The van der Waals surface area contributed by atoms with Crippen molar-refractivity contribution in [2.45, 2.75) is 334 Å². The van der Waals surface area contributed by atoms with Crippen molar-refractivity contribution in [2.24, 2.45) is 0 Å². The Morgan fingerprint density at radius 1 is 0.189 bits per heavy atom. The Kier molecular flexibility index (Phi) is 28.8. The van der Waals surface area contributed by atoms with E-state index in [2.05, 4.69) is 286 Å². The molecule has 0 saturated heterocycles. The van der Waals surface area contributed by atoms with Gasteiger partial charge in [0.05, 0.1) is 0 Å². The summed E-state index contributed by atoms with van der Waals surface area (Å²) >= 11 is -0.106. The van der Waals surface area contributed by atoms with Crippen LogP contribution >= 0.6 is 0 Å². The zero-order chi connectivity index (χ0) is 90.2. The predicted molar refractivity (Wildman–Crippen MR) is 569 cm³/mol. The molecule has 10 aromatic carbocycles. The summed E-state index contributed by atoms with van der Waals surface area (Å²) in [5, 5.41) is 1.99. The first-order chi connectivity index (χ1) is 65.1. The van der Waals surface area contributed by atoms with Crippen LogP contribution in [0.25, 0.3) is 151 Å². The average molecular weight is 1870 g/mol. The van der Waals surface area contributed by atoms with E-state index in [0.29, 0.717) is 0 Å². The van der Waals surface area contributed by atoms with Crippen LogP contribution in [0, 0.1) is 0 Å². The molecule has 0 bridgehead atoms. The minimum atomic E-state index is -0.0682. The minimum absolute atomic E-state index is 0.00412. The first-order valence-electron chi connectivity index (χ1n) is 52.6. The molecule has 5 aromatic heterocycles. The average Bonchev–Trinajstić information content (AvgIpc) is 1.04. The number of unbranched alkanes of at least 4 members (excludes halogenated alkanes) is 24. The van der Waals surface area contributed by atoms with Crippen LogP contribution in [0.2, 0.25) is 0 Å². The summed E-state index contributed by atoms with van der Waals surface area (Å²) in [4.78, 5) is 24.4. The molecular weight excluding hydrogens is 1730 g/mol. The van der Waals surface area contributed by atoms with Crippen molar-refractivity contribution in [1.82, 2.24) is 19.9 Å². The van der Waals surface area contributed by atoms with E-state index in [0.717, 1.165) is 80.7 Å². The van der Waals surface area contributed by atoms with Gasteiger partial charge in [-0.1, -0.05) is 179 Å². The zero-order valence-corrected chi connectivity index (χ0v) is 84.3. The number of rotatable bonds is 46. The van der Waals surface area contributed by atoms with Gasteiger partial charge in [-0.3, -0.25) is 0 Å². The molecule has 6 heteroatoms. The second kappa shape index (κ2) is 41.4. The first kappa shape index (κ1) is 91.7. The van der Waals surface area contributed by atoms with Gasteiger partial charge in [-0.2, -0.15) is 0 Å². The Morgan fingerprint density at radius 2 is 0.424 bits per heavy atom. The first-order valence-corrected chi connectivity index (χ1v) is 56.1. The Morgan fingerprint density at radius 3 is 0.697 bits per heavy atom. The van der Waals surface area contributed by atoms with Crippen molar-refractivity contribution in [3.8, 4) is 107 Å². The topological polar surface area (TPSA) is 51.6 Å². The van der Waals surface area contributed by atoms with Gasteiger partial charge in [-0.15, -0.1) is 0 Å². The van der Waals surface area contributed by atoms with Crippen molar-refractivity contribution < 1.29 is 0 Å². The number of fused-ring (bicyclic) bond motifs is 19. The summed E-state index contributed by atoms with van der Waals surface area (Å²) in [7, 11) is 0. The molecule has 0 saturated carbocycles. The van der Waals surface area contributed by atoms with Crippen molar-refractivity contribution in [1.29, 1.82) is 0 Å². The van der Waals surface area contributed by atoms with Gasteiger partial charge in [-0.05, 0) is 47.9 Å². The van der Waals surface area contributed by atoms with Gasteiger partial charge in [0.25, 0.3) is 0 Å². The molecule has 0 unspecified atom stereocenters. The van der Waals surface area contributed by atoms with Crippen LogP contribution in [0.4, 0.5) is 0 Å². The summed E-state index contributed by atoms with van der Waals surface area (Å²) in [6, 6.07) is 88.1. The molecule has 0 spiro atoms. The van der Waals surface area contributed by atoms with Crippen molar-refractivity contribution >= 4 is 72.9 Å². The quantitative estimate of drug-likeness (QED) is 0.0165. The van der Waals surface area contributed by atoms with Crippen LogP contribution in [-0.4, -0.2) is 48.9 Å². The SMILES string of the molecule is CCCCCCC1(CCCCCC)c2ccccc2-c2ccc(-c3cnc4c(c3)c3nc5c(-c6ccc(-c7ccc8c(c7)C(CCCCCC)(CCCCCC)c7ccccc7-8)[se]6)ccc(-c6ccc(-c7ccc8c(c7)C(CCCCCC)(CCCCCC)c7ccccc7-8)[se]6)c5nc3c3cc(-c5ccc6c(c5)C(CCCCCC)(CCCCCC)c5ccccc5-6)cnc34)cc21. The summed E-state index contributed by atoms with van der Waals surface area (Å²) in [6.45, 7) is 18.8. The van der Waals surface area contributed by atoms with Crippen LogP contribution in [0.5, 0.6) is 0 Å². The molecule has 4 aliphatic carbocycles. The number of aromatic nitrogens is 4. The third-order valence-corrected chi connectivity index (χ3v) is 36.9. The molecule has 15 aromatic rings. The van der Waals surface area contributed by atoms with E-state index in [9.17, 15) is 0 Å². The van der Waals surface area contributed by atoms with Crippen molar-refractivity contribution in [2.75, 3.05) is 0 Å². The van der Waals surface area contributed by atoms with Gasteiger partial charge in [0.2, 0.25) is 0 Å². The van der Waals surface area contributed by atoms with E-state index in [1.54, 1.807) is 22.3 Å². The van der Waals surface area contributed by atoms with Crippen LogP contribution in [-0.2, 0) is 21.7 Å². The maximum absolute atomic E-state index is 6.42. The van der Waals surface area contributed by atoms with Crippen LogP contribution in [0.3, 0.4) is 0 Å². The summed E-state index contributed by atoms with van der Waals surface area (Å²) in [5.74, 6) is 0. The summed E-state index contributed by atoms with van der Waals surface area (Å²) in [5.41, 5.74) is 38.7. The van der Waals surface area contributed by atoms with Gasteiger partial charge in [-0.25, -0.2) is 0 Å². The van der Waals surface area contributed by atoms with E-state index in [4.69, 9.17) is 19.9 Å². The normalized spacial score (nSPS) is 14.3. The van der Waals surface area contributed by atoms with E-state index in [1.165, 1.54) is 349 Å². The number of hydrogen-bond donors (Lipinski definition) is 0. The van der Waals surface area contributed by atoms with E-state index in [-0.39, 0.29) is 50.7 Å². The number of nitrogens with zero attached hydrogens (tertiary/aromatic N) is 4. The van der Waals surface area contributed by atoms with Gasteiger partial charge in [0, 0.05) is 0 Å². The predicted octanol–water partition coefficient (Wildman–Crippen LogP) is 36.8. The molecule has 19 rings (SSSR count). The van der Waals surface area contributed by atoms with Crippen LogP contribution in [0.1, 0.15) is 357 Å². The molecule has 4 aliphatic rings. The Bertz CT molecular complexity index is 6160. The van der Waals surface area contributed by atoms with Gasteiger partial charge >= 0.3 is 582 Å². The molecule has 132 heavy (non-hydrogen) atoms. The summed E-state index contributed by atoms with van der Waals surface area (Å²) < 4.78 is 5.55. The maximum atomic E-state index is 6.42. The van der Waals surface area contributed by atoms with Crippen LogP contribution in [0.15, 0.2) is 231 Å².